The highest BCUT2D eigenvalue weighted by atomic mass is 16.5. The lowest BCUT2D eigenvalue weighted by Crippen LogP contribution is -2.46. The highest BCUT2D eigenvalue weighted by molar-refractivity contribution is 5.95. The van der Waals surface area contributed by atoms with Crippen LogP contribution in [0.15, 0.2) is 18.2 Å². The normalized spacial score (nSPS) is 30.5. The van der Waals surface area contributed by atoms with Crippen LogP contribution in [0.4, 0.5) is 5.69 Å². The summed E-state index contributed by atoms with van der Waals surface area (Å²) in [5.74, 6) is 0.681. The highest BCUT2D eigenvalue weighted by Crippen LogP contribution is 2.29. The number of amides is 1. The van der Waals surface area contributed by atoms with E-state index in [9.17, 15) is 4.79 Å². The molecule has 5 heteroatoms. The molecule has 1 aromatic carbocycles. The maximum Gasteiger partial charge on any atom is 0.262 e. The Morgan fingerprint density at radius 2 is 2.05 bits per heavy atom. The Balaban J connectivity index is 1.39. The van der Waals surface area contributed by atoms with Gasteiger partial charge >= 0.3 is 0 Å². The first kappa shape index (κ1) is 13.1. The molecule has 21 heavy (non-hydrogen) atoms. The Labute approximate surface area is 124 Å². The van der Waals surface area contributed by atoms with Crippen LogP contribution in [0.5, 0.6) is 5.75 Å². The first-order valence-electron chi connectivity index (χ1n) is 7.81. The van der Waals surface area contributed by atoms with Gasteiger partial charge in [0.05, 0.1) is 5.69 Å². The molecule has 2 atom stereocenters. The van der Waals surface area contributed by atoms with E-state index < -0.39 is 0 Å². The molecule has 3 N–H and O–H groups in total. The molecule has 3 aliphatic rings. The van der Waals surface area contributed by atoms with Crippen molar-refractivity contribution < 1.29 is 9.53 Å². The predicted octanol–water partition coefficient (Wildman–Crippen LogP) is 1.39. The van der Waals surface area contributed by atoms with Crippen molar-refractivity contribution in [3.8, 4) is 5.75 Å². The van der Waals surface area contributed by atoms with E-state index in [1.165, 1.54) is 31.2 Å². The van der Waals surface area contributed by atoms with Gasteiger partial charge in [-0.05, 0) is 43.4 Å². The summed E-state index contributed by atoms with van der Waals surface area (Å²) in [5, 5.41) is 10.2. The standard InChI is InChI=1S/C16H21N3O2/c20-16-9-21-15-4-1-10(5-14(15)19-16)8-17-13-6-11-2-3-12(7-13)18-11/h1,4-5,11-13,17-18H,2-3,6-9H2,(H,19,20). The lowest BCUT2D eigenvalue weighted by atomic mass is 9.99. The zero-order valence-electron chi connectivity index (χ0n) is 12.0. The van der Waals surface area contributed by atoms with Gasteiger partial charge in [-0.1, -0.05) is 6.07 Å². The van der Waals surface area contributed by atoms with Gasteiger partial charge in [0.15, 0.2) is 6.61 Å². The third-order valence-electron chi connectivity index (χ3n) is 4.74. The maximum absolute atomic E-state index is 11.4. The summed E-state index contributed by atoms with van der Waals surface area (Å²) < 4.78 is 5.38. The number of piperidine rings is 1. The third-order valence-corrected chi connectivity index (χ3v) is 4.74. The average molecular weight is 287 g/mol. The van der Waals surface area contributed by atoms with Gasteiger partial charge < -0.3 is 20.7 Å². The molecule has 2 bridgehead atoms. The van der Waals surface area contributed by atoms with Crippen LogP contribution < -0.4 is 20.7 Å². The number of benzene rings is 1. The lowest BCUT2D eigenvalue weighted by Gasteiger charge is -2.30. The van der Waals surface area contributed by atoms with E-state index in [2.05, 4.69) is 22.0 Å². The van der Waals surface area contributed by atoms with Crippen LogP contribution >= 0.6 is 0 Å². The molecule has 2 unspecified atom stereocenters. The maximum atomic E-state index is 11.4. The quantitative estimate of drug-likeness (QED) is 0.786. The fourth-order valence-corrected chi connectivity index (χ4v) is 3.73. The molecule has 5 nitrogen and oxygen atoms in total. The summed E-state index contributed by atoms with van der Waals surface area (Å²) >= 11 is 0. The van der Waals surface area contributed by atoms with E-state index in [0.29, 0.717) is 18.1 Å². The van der Waals surface area contributed by atoms with Crippen LogP contribution in [0.1, 0.15) is 31.2 Å². The van der Waals surface area contributed by atoms with Crippen molar-refractivity contribution in [2.24, 2.45) is 0 Å². The van der Waals surface area contributed by atoms with Crippen LogP contribution in [0, 0.1) is 0 Å². The first-order valence-corrected chi connectivity index (χ1v) is 7.81. The lowest BCUT2D eigenvalue weighted by molar-refractivity contribution is -0.118. The van der Waals surface area contributed by atoms with Crippen LogP contribution in [-0.4, -0.2) is 30.6 Å². The summed E-state index contributed by atoms with van der Waals surface area (Å²) in [5.41, 5.74) is 1.97. The average Bonchev–Trinajstić information content (AvgIpc) is 2.83. The van der Waals surface area contributed by atoms with Crippen molar-refractivity contribution >= 4 is 11.6 Å². The first-order chi connectivity index (χ1) is 10.3. The van der Waals surface area contributed by atoms with Crippen molar-refractivity contribution in [3.63, 3.8) is 0 Å². The summed E-state index contributed by atoms with van der Waals surface area (Å²) in [7, 11) is 0. The van der Waals surface area contributed by atoms with E-state index in [4.69, 9.17) is 4.74 Å². The predicted molar refractivity (Wildman–Crippen MR) is 80.4 cm³/mol. The van der Waals surface area contributed by atoms with Crippen molar-refractivity contribution in [1.82, 2.24) is 10.6 Å². The van der Waals surface area contributed by atoms with E-state index in [0.717, 1.165) is 18.0 Å². The largest absolute Gasteiger partial charge is 0.482 e. The summed E-state index contributed by atoms with van der Waals surface area (Å²) in [4.78, 5) is 11.4. The summed E-state index contributed by atoms with van der Waals surface area (Å²) in [6.45, 7) is 0.954. The van der Waals surface area contributed by atoms with Gasteiger partial charge in [-0.15, -0.1) is 0 Å². The number of ether oxygens (including phenoxy) is 1. The Hall–Kier alpha value is -1.59. The van der Waals surface area contributed by atoms with Gasteiger partial charge in [0, 0.05) is 24.7 Å². The van der Waals surface area contributed by atoms with Crippen molar-refractivity contribution in [1.29, 1.82) is 0 Å². The number of rotatable bonds is 3. The second-order valence-corrected chi connectivity index (χ2v) is 6.35. The molecule has 3 heterocycles. The number of fused-ring (bicyclic) bond motifs is 3. The molecule has 0 saturated carbocycles. The molecule has 2 fully saturated rings. The number of carbonyl (C=O) groups is 1. The van der Waals surface area contributed by atoms with Crippen LogP contribution in [0.25, 0.3) is 0 Å². The second kappa shape index (κ2) is 5.31. The molecule has 0 spiro atoms. The number of hydrogen-bond acceptors (Lipinski definition) is 4. The third kappa shape index (κ3) is 2.76. The van der Waals surface area contributed by atoms with Crippen molar-refractivity contribution in [2.75, 3.05) is 11.9 Å². The van der Waals surface area contributed by atoms with Crippen molar-refractivity contribution in [3.05, 3.63) is 23.8 Å². The van der Waals surface area contributed by atoms with Crippen LogP contribution in [0.2, 0.25) is 0 Å². The highest BCUT2D eigenvalue weighted by Gasteiger charge is 2.33. The SMILES string of the molecule is O=C1COc2ccc(CNC3CC4CCC(C3)N4)cc2N1. The van der Waals surface area contributed by atoms with Gasteiger partial charge in [0.1, 0.15) is 5.75 Å². The molecule has 1 aromatic rings. The van der Waals surface area contributed by atoms with Gasteiger partial charge in [0.25, 0.3) is 5.91 Å². The topological polar surface area (TPSA) is 62.4 Å². The van der Waals surface area contributed by atoms with E-state index in [1.807, 2.05) is 12.1 Å². The number of hydrogen-bond donors (Lipinski definition) is 3. The molecular formula is C16H21N3O2. The fourth-order valence-electron chi connectivity index (χ4n) is 3.73. The zero-order chi connectivity index (χ0) is 14.2. The molecule has 2 saturated heterocycles. The number of carbonyl (C=O) groups excluding carboxylic acids is 1. The smallest absolute Gasteiger partial charge is 0.262 e. The minimum absolute atomic E-state index is 0.0810. The van der Waals surface area contributed by atoms with Gasteiger partial charge in [0.2, 0.25) is 0 Å². The number of anilines is 1. The van der Waals surface area contributed by atoms with Gasteiger partial charge in [-0.2, -0.15) is 0 Å². The summed E-state index contributed by atoms with van der Waals surface area (Å²) in [6, 6.07) is 8.03. The van der Waals surface area contributed by atoms with Crippen LogP contribution in [0.3, 0.4) is 0 Å². The Morgan fingerprint density at radius 3 is 2.86 bits per heavy atom. The summed E-state index contributed by atoms with van der Waals surface area (Å²) in [6.07, 6.45) is 5.10. The van der Waals surface area contributed by atoms with E-state index in [-0.39, 0.29) is 12.5 Å². The fraction of sp³-hybridized carbons (Fsp3) is 0.562. The molecular weight excluding hydrogens is 266 g/mol. The van der Waals surface area contributed by atoms with Crippen LogP contribution in [-0.2, 0) is 11.3 Å². The Morgan fingerprint density at radius 1 is 1.24 bits per heavy atom. The van der Waals surface area contributed by atoms with Gasteiger partial charge in [-0.25, -0.2) is 0 Å². The molecule has 4 rings (SSSR count). The monoisotopic (exact) mass is 287 g/mol. The second-order valence-electron chi connectivity index (χ2n) is 6.35. The molecule has 0 aromatic heterocycles. The Kier molecular flexibility index (Phi) is 3.31. The Bertz CT molecular complexity index is 548. The minimum atomic E-state index is -0.0810. The number of nitrogens with one attached hydrogen (secondary N) is 3. The van der Waals surface area contributed by atoms with Crippen molar-refractivity contribution in [2.45, 2.75) is 50.4 Å². The molecule has 0 radical (unpaired) electrons. The van der Waals surface area contributed by atoms with Gasteiger partial charge in [-0.3, -0.25) is 4.79 Å². The molecule has 3 aliphatic heterocycles. The minimum Gasteiger partial charge on any atom is -0.482 e. The molecule has 112 valence electrons. The molecule has 1 amide bonds. The van der Waals surface area contributed by atoms with E-state index in [1.54, 1.807) is 0 Å². The zero-order valence-corrected chi connectivity index (χ0v) is 12.0. The molecule has 0 aliphatic carbocycles. The van der Waals surface area contributed by atoms with E-state index >= 15 is 0 Å².